The third-order valence-electron chi connectivity index (χ3n) is 2.17. The standard InChI is InChI=1S/C11H14N2O4/c1-6(14)7-4-8(13-11(16)12-2)10(17-3)5-9(7)15/h4-5,15H,1-3H3,(H2,12,13,16). The van der Waals surface area contributed by atoms with Gasteiger partial charge in [0.05, 0.1) is 18.4 Å². The Balaban J connectivity index is 3.21. The molecule has 0 spiro atoms. The van der Waals surface area contributed by atoms with E-state index in [0.29, 0.717) is 5.69 Å². The molecule has 0 unspecified atom stereocenters. The molecule has 6 nitrogen and oxygen atoms in total. The quantitative estimate of drug-likeness (QED) is 0.548. The van der Waals surface area contributed by atoms with E-state index < -0.39 is 6.03 Å². The number of amides is 2. The molecule has 1 rings (SSSR count). The summed E-state index contributed by atoms with van der Waals surface area (Å²) in [5, 5.41) is 14.4. The molecule has 0 atom stereocenters. The lowest BCUT2D eigenvalue weighted by Gasteiger charge is -2.12. The number of benzene rings is 1. The smallest absolute Gasteiger partial charge is 0.319 e. The fraction of sp³-hybridized carbons (Fsp3) is 0.273. The van der Waals surface area contributed by atoms with Gasteiger partial charge in [0.25, 0.3) is 0 Å². The second-order valence-corrected chi connectivity index (χ2v) is 3.33. The molecule has 0 heterocycles. The molecular formula is C11H14N2O4. The molecule has 3 N–H and O–H groups in total. The van der Waals surface area contributed by atoms with Gasteiger partial charge >= 0.3 is 6.03 Å². The number of ketones is 1. The van der Waals surface area contributed by atoms with Crippen LogP contribution in [0.1, 0.15) is 17.3 Å². The molecule has 92 valence electrons. The minimum atomic E-state index is -0.441. The summed E-state index contributed by atoms with van der Waals surface area (Å²) in [4.78, 5) is 22.4. The van der Waals surface area contributed by atoms with Crippen molar-refractivity contribution in [2.24, 2.45) is 0 Å². The molecule has 0 bridgehead atoms. The van der Waals surface area contributed by atoms with Crippen molar-refractivity contribution in [3.8, 4) is 11.5 Å². The maximum Gasteiger partial charge on any atom is 0.319 e. The van der Waals surface area contributed by atoms with Gasteiger partial charge in [-0.2, -0.15) is 0 Å². The third kappa shape index (κ3) is 2.87. The van der Waals surface area contributed by atoms with E-state index in [1.54, 1.807) is 0 Å². The van der Waals surface area contributed by atoms with Gasteiger partial charge < -0.3 is 20.5 Å². The summed E-state index contributed by atoms with van der Waals surface area (Å²) in [5.74, 6) is -0.210. The highest BCUT2D eigenvalue weighted by atomic mass is 16.5. The summed E-state index contributed by atoms with van der Waals surface area (Å²) >= 11 is 0. The number of urea groups is 1. The lowest BCUT2D eigenvalue weighted by atomic mass is 10.1. The number of rotatable bonds is 3. The summed E-state index contributed by atoms with van der Waals surface area (Å²) < 4.78 is 4.99. The van der Waals surface area contributed by atoms with E-state index in [2.05, 4.69) is 10.6 Å². The maximum absolute atomic E-state index is 11.2. The van der Waals surface area contributed by atoms with E-state index in [9.17, 15) is 14.7 Å². The molecule has 0 saturated heterocycles. The fourth-order valence-corrected chi connectivity index (χ4v) is 1.30. The normalized spacial score (nSPS) is 9.59. The Morgan fingerprint density at radius 2 is 2.00 bits per heavy atom. The van der Waals surface area contributed by atoms with E-state index in [0.717, 1.165) is 0 Å². The van der Waals surface area contributed by atoms with E-state index in [1.807, 2.05) is 0 Å². The van der Waals surface area contributed by atoms with Crippen molar-refractivity contribution >= 4 is 17.5 Å². The third-order valence-corrected chi connectivity index (χ3v) is 2.17. The lowest BCUT2D eigenvalue weighted by Crippen LogP contribution is -2.24. The molecule has 0 aliphatic heterocycles. The van der Waals surface area contributed by atoms with Crippen molar-refractivity contribution in [1.29, 1.82) is 0 Å². The van der Waals surface area contributed by atoms with Gasteiger partial charge in [0.1, 0.15) is 11.5 Å². The van der Waals surface area contributed by atoms with Gasteiger partial charge in [-0.1, -0.05) is 0 Å². The van der Waals surface area contributed by atoms with Crippen LogP contribution in [0.5, 0.6) is 11.5 Å². The predicted octanol–water partition coefficient (Wildman–Crippen LogP) is 1.35. The highest BCUT2D eigenvalue weighted by Crippen LogP contribution is 2.32. The van der Waals surface area contributed by atoms with Crippen LogP contribution in [0, 0.1) is 0 Å². The Morgan fingerprint density at radius 3 is 2.47 bits per heavy atom. The van der Waals surface area contributed by atoms with E-state index in [1.165, 1.54) is 33.2 Å². The largest absolute Gasteiger partial charge is 0.507 e. The molecule has 2 amide bonds. The Labute approximate surface area is 98.6 Å². The lowest BCUT2D eigenvalue weighted by molar-refractivity contribution is 0.101. The summed E-state index contributed by atoms with van der Waals surface area (Å²) in [6.45, 7) is 1.32. The Bertz CT molecular complexity index is 457. The molecule has 0 aromatic heterocycles. The molecule has 1 aromatic carbocycles. The summed E-state index contributed by atoms with van der Waals surface area (Å²) in [7, 11) is 2.87. The Morgan fingerprint density at radius 1 is 1.35 bits per heavy atom. The number of nitrogens with one attached hydrogen (secondary N) is 2. The zero-order valence-electron chi connectivity index (χ0n) is 9.83. The number of hydrogen-bond donors (Lipinski definition) is 3. The first kappa shape index (κ1) is 12.8. The van der Waals surface area contributed by atoms with Crippen LogP contribution in [0.15, 0.2) is 12.1 Å². The number of Topliss-reactive ketones (excluding diaryl/α,β-unsaturated/α-hetero) is 1. The number of methoxy groups -OCH3 is 1. The maximum atomic E-state index is 11.2. The molecule has 17 heavy (non-hydrogen) atoms. The van der Waals surface area contributed by atoms with E-state index in [4.69, 9.17) is 4.74 Å². The summed E-state index contributed by atoms with van der Waals surface area (Å²) in [6, 6.07) is 2.21. The first-order chi connectivity index (χ1) is 7.99. The van der Waals surface area contributed by atoms with Gasteiger partial charge in [0.15, 0.2) is 5.78 Å². The van der Waals surface area contributed by atoms with Gasteiger partial charge in [0, 0.05) is 13.1 Å². The van der Waals surface area contributed by atoms with Gasteiger partial charge in [-0.25, -0.2) is 4.79 Å². The first-order valence-corrected chi connectivity index (χ1v) is 4.90. The zero-order chi connectivity index (χ0) is 13.0. The van der Waals surface area contributed by atoms with Crippen molar-refractivity contribution in [3.63, 3.8) is 0 Å². The van der Waals surface area contributed by atoms with Crippen LogP contribution in [-0.2, 0) is 0 Å². The van der Waals surface area contributed by atoms with Crippen molar-refractivity contribution in [3.05, 3.63) is 17.7 Å². The van der Waals surface area contributed by atoms with E-state index in [-0.39, 0.29) is 22.8 Å². The summed E-state index contributed by atoms with van der Waals surface area (Å²) in [5.41, 5.74) is 0.437. The molecule has 0 aliphatic rings. The Kier molecular flexibility index (Phi) is 3.92. The van der Waals surface area contributed by atoms with Gasteiger partial charge in [0.2, 0.25) is 0 Å². The SMILES string of the molecule is CNC(=O)Nc1cc(C(C)=O)c(O)cc1OC. The van der Waals surface area contributed by atoms with Gasteiger partial charge in [-0.15, -0.1) is 0 Å². The van der Waals surface area contributed by atoms with E-state index >= 15 is 0 Å². The number of phenols is 1. The van der Waals surface area contributed by atoms with Crippen LogP contribution < -0.4 is 15.4 Å². The Hall–Kier alpha value is -2.24. The van der Waals surface area contributed by atoms with Crippen LogP contribution in [-0.4, -0.2) is 31.1 Å². The number of aromatic hydroxyl groups is 1. The molecule has 6 heteroatoms. The van der Waals surface area contributed by atoms with Crippen LogP contribution >= 0.6 is 0 Å². The number of carbonyl (C=O) groups is 2. The molecule has 0 saturated carbocycles. The predicted molar refractivity (Wildman–Crippen MR) is 62.7 cm³/mol. The monoisotopic (exact) mass is 238 g/mol. The van der Waals surface area contributed by atoms with Crippen LogP contribution in [0.25, 0.3) is 0 Å². The van der Waals surface area contributed by atoms with Crippen molar-refractivity contribution < 1.29 is 19.4 Å². The number of ether oxygens (including phenoxy) is 1. The number of hydrogen-bond acceptors (Lipinski definition) is 4. The van der Waals surface area contributed by atoms with Crippen LogP contribution in [0.2, 0.25) is 0 Å². The average molecular weight is 238 g/mol. The second kappa shape index (κ2) is 5.20. The second-order valence-electron chi connectivity index (χ2n) is 3.33. The molecule has 0 aliphatic carbocycles. The highest BCUT2D eigenvalue weighted by molar-refractivity contribution is 6.00. The van der Waals surface area contributed by atoms with Crippen molar-refractivity contribution in [2.45, 2.75) is 6.92 Å². The minimum Gasteiger partial charge on any atom is -0.507 e. The highest BCUT2D eigenvalue weighted by Gasteiger charge is 2.14. The number of anilines is 1. The van der Waals surface area contributed by atoms with Crippen molar-refractivity contribution in [2.75, 3.05) is 19.5 Å². The zero-order valence-corrected chi connectivity index (χ0v) is 9.83. The first-order valence-electron chi connectivity index (χ1n) is 4.90. The summed E-state index contributed by atoms with van der Waals surface area (Å²) in [6.07, 6.45) is 0. The van der Waals surface area contributed by atoms with Gasteiger partial charge in [-0.05, 0) is 13.0 Å². The molecule has 1 aromatic rings. The molecular weight excluding hydrogens is 224 g/mol. The van der Waals surface area contributed by atoms with Gasteiger partial charge in [-0.3, -0.25) is 4.79 Å². The molecule has 0 radical (unpaired) electrons. The minimum absolute atomic E-state index is 0.122. The fourth-order valence-electron chi connectivity index (χ4n) is 1.30. The number of carbonyl (C=O) groups excluding carboxylic acids is 2. The average Bonchev–Trinajstić information content (AvgIpc) is 2.30. The topological polar surface area (TPSA) is 87.7 Å². The number of phenolic OH excluding ortho intramolecular Hbond substituents is 1. The van der Waals surface area contributed by atoms with Crippen molar-refractivity contribution in [1.82, 2.24) is 5.32 Å². The van der Waals surface area contributed by atoms with Crippen LogP contribution in [0.3, 0.4) is 0 Å². The molecule has 0 fully saturated rings. The van der Waals surface area contributed by atoms with Crippen LogP contribution in [0.4, 0.5) is 10.5 Å².